The van der Waals surface area contributed by atoms with Gasteiger partial charge in [0.25, 0.3) is 5.91 Å². The van der Waals surface area contributed by atoms with E-state index in [0.29, 0.717) is 24.6 Å². The average molecular weight is 264 g/mol. The van der Waals surface area contributed by atoms with Crippen LogP contribution in [0.1, 0.15) is 16.9 Å². The lowest BCUT2D eigenvalue weighted by Gasteiger charge is -2.39. The number of aromatic nitrogens is 2. The smallest absolute Gasteiger partial charge is 0.303 e. The number of carbonyl (C=O) groups excluding carboxylic acids is 1. The number of nitrogens with zero attached hydrogens (tertiary/aromatic N) is 4. The first kappa shape index (κ1) is 13.3. The molecule has 7 heteroatoms. The summed E-state index contributed by atoms with van der Waals surface area (Å²) in [4.78, 5) is 25.6. The number of amides is 1. The van der Waals surface area contributed by atoms with Crippen molar-refractivity contribution in [3.8, 4) is 0 Å². The lowest BCUT2D eigenvalue weighted by atomic mass is 9.96. The van der Waals surface area contributed by atoms with Crippen molar-refractivity contribution in [2.75, 3.05) is 32.1 Å². The van der Waals surface area contributed by atoms with Crippen molar-refractivity contribution in [2.45, 2.75) is 6.42 Å². The summed E-state index contributed by atoms with van der Waals surface area (Å²) < 4.78 is 0. The molecule has 0 radical (unpaired) electrons. The number of hydrogen-bond donors (Lipinski definition) is 1. The number of rotatable bonds is 4. The van der Waals surface area contributed by atoms with Crippen LogP contribution in [-0.4, -0.2) is 59.3 Å². The molecule has 102 valence electrons. The van der Waals surface area contributed by atoms with E-state index >= 15 is 0 Å². The fourth-order valence-electron chi connectivity index (χ4n) is 1.97. The molecule has 1 aliphatic heterocycles. The molecule has 0 spiro atoms. The second-order valence-corrected chi connectivity index (χ2v) is 4.85. The number of hydrogen-bond acceptors (Lipinski definition) is 5. The van der Waals surface area contributed by atoms with Crippen LogP contribution in [0.25, 0.3) is 0 Å². The van der Waals surface area contributed by atoms with Crippen LogP contribution >= 0.6 is 0 Å². The SMILES string of the molecule is CN(C)C(=O)c1ccc(N2CC(CC(=O)O)C2)nn1. The largest absolute Gasteiger partial charge is 0.481 e. The highest BCUT2D eigenvalue weighted by molar-refractivity contribution is 5.91. The lowest BCUT2D eigenvalue weighted by Crippen LogP contribution is -2.48. The van der Waals surface area contributed by atoms with Crippen molar-refractivity contribution < 1.29 is 14.7 Å². The van der Waals surface area contributed by atoms with Crippen molar-refractivity contribution >= 4 is 17.7 Å². The molecule has 7 nitrogen and oxygen atoms in total. The van der Waals surface area contributed by atoms with Gasteiger partial charge in [0.05, 0.1) is 6.42 Å². The average Bonchev–Trinajstić information content (AvgIpc) is 2.32. The van der Waals surface area contributed by atoms with Gasteiger partial charge in [0, 0.05) is 33.1 Å². The molecule has 0 saturated carbocycles. The standard InChI is InChI=1S/C12H16N4O3/c1-15(2)12(19)9-3-4-10(14-13-9)16-6-8(7-16)5-11(17)18/h3-4,8H,5-7H2,1-2H3,(H,17,18). The Labute approximate surface area is 110 Å². The molecule has 0 atom stereocenters. The molecular formula is C12H16N4O3. The van der Waals surface area contributed by atoms with Gasteiger partial charge >= 0.3 is 5.97 Å². The predicted molar refractivity (Wildman–Crippen MR) is 68.0 cm³/mol. The van der Waals surface area contributed by atoms with Crippen LogP contribution in [0.5, 0.6) is 0 Å². The topological polar surface area (TPSA) is 86.6 Å². The number of carbonyl (C=O) groups is 2. The van der Waals surface area contributed by atoms with Gasteiger partial charge in [-0.05, 0) is 12.1 Å². The number of anilines is 1. The monoisotopic (exact) mass is 264 g/mol. The first-order valence-corrected chi connectivity index (χ1v) is 5.99. The highest BCUT2D eigenvalue weighted by atomic mass is 16.4. The molecule has 2 heterocycles. The minimum absolute atomic E-state index is 0.169. The predicted octanol–water partition coefficient (Wildman–Crippen LogP) is 0.0893. The van der Waals surface area contributed by atoms with Crippen LogP contribution in [0.15, 0.2) is 12.1 Å². The quantitative estimate of drug-likeness (QED) is 0.829. The van der Waals surface area contributed by atoms with E-state index in [-0.39, 0.29) is 18.2 Å². The fraction of sp³-hybridized carbons (Fsp3) is 0.500. The Bertz CT molecular complexity index is 480. The first-order valence-electron chi connectivity index (χ1n) is 5.99. The van der Waals surface area contributed by atoms with E-state index in [4.69, 9.17) is 5.11 Å². The van der Waals surface area contributed by atoms with Crippen LogP contribution in [0, 0.1) is 5.92 Å². The van der Waals surface area contributed by atoms with E-state index in [1.54, 1.807) is 26.2 Å². The van der Waals surface area contributed by atoms with Gasteiger partial charge in [0.1, 0.15) is 0 Å². The summed E-state index contributed by atoms with van der Waals surface area (Å²) in [6.45, 7) is 1.34. The molecule has 1 fully saturated rings. The summed E-state index contributed by atoms with van der Waals surface area (Å²) >= 11 is 0. The molecule has 2 rings (SSSR count). The molecule has 0 aliphatic carbocycles. The zero-order valence-corrected chi connectivity index (χ0v) is 10.9. The Kier molecular flexibility index (Phi) is 3.64. The number of aliphatic carboxylic acids is 1. The summed E-state index contributed by atoms with van der Waals surface area (Å²) in [5.74, 6) is -0.117. The normalized spacial score (nSPS) is 14.9. The fourth-order valence-corrected chi connectivity index (χ4v) is 1.97. The maximum absolute atomic E-state index is 11.6. The molecule has 0 bridgehead atoms. The van der Waals surface area contributed by atoms with E-state index < -0.39 is 5.97 Å². The van der Waals surface area contributed by atoms with Gasteiger partial charge in [0.15, 0.2) is 11.5 Å². The van der Waals surface area contributed by atoms with Gasteiger partial charge < -0.3 is 14.9 Å². The summed E-state index contributed by atoms with van der Waals surface area (Å²) in [7, 11) is 3.31. The second-order valence-electron chi connectivity index (χ2n) is 4.85. The Hall–Kier alpha value is -2.18. The second kappa shape index (κ2) is 5.21. The van der Waals surface area contributed by atoms with E-state index in [0.717, 1.165) is 0 Å². The molecule has 1 N–H and O–H groups in total. The van der Waals surface area contributed by atoms with Gasteiger partial charge in [0.2, 0.25) is 0 Å². The summed E-state index contributed by atoms with van der Waals surface area (Å²) in [5.41, 5.74) is 0.302. The van der Waals surface area contributed by atoms with Crippen molar-refractivity contribution in [3.63, 3.8) is 0 Å². The molecule has 1 aromatic heterocycles. The van der Waals surface area contributed by atoms with Gasteiger partial charge in [-0.25, -0.2) is 0 Å². The van der Waals surface area contributed by atoms with E-state index in [2.05, 4.69) is 10.2 Å². The summed E-state index contributed by atoms with van der Waals surface area (Å²) in [6.07, 6.45) is 0.182. The van der Waals surface area contributed by atoms with Crippen LogP contribution in [0.4, 0.5) is 5.82 Å². The van der Waals surface area contributed by atoms with Gasteiger partial charge in [-0.3, -0.25) is 9.59 Å². The third-order valence-electron chi connectivity index (χ3n) is 3.02. The number of carboxylic acids is 1. The summed E-state index contributed by atoms with van der Waals surface area (Å²) in [5, 5.41) is 16.6. The van der Waals surface area contributed by atoms with E-state index in [1.807, 2.05) is 4.90 Å². The van der Waals surface area contributed by atoms with Gasteiger partial charge in [-0.15, -0.1) is 10.2 Å². The molecule has 1 aromatic rings. The Balaban J connectivity index is 1.94. The third-order valence-corrected chi connectivity index (χ3v) is 3.02. The third kappa shape index (κ3) is 2.98. The minimum atomic E-state index is -0.775. The zero-order valence-electron chi connectivity index (χ0n) is 10.9. The highest BCUT2D eigenvalue weighted by Gasteiger charge is 2.29. The molecular weight excluding hydrogens is 248 g/mol. The Morgan fingerprint density at radius 3 is 2.53 bits per heavy atom. The van der Waals surface area contributed by atoms with Crippen molar-refractivity contribution in [1.29, 1.82) is 0 Å². The molecule has 19 heavy (non-hydrogen) atoms. The molecule has 0 aromatic carbocycles. The Morgan fingerprint density at radius 1 is 1.37 bits per heavy atom. The van der Waals surface area contributed by atoms with Crippen molar-refractivity contribution in [2.24, 2.45) is 5.92 Å². The maximum Gasteiger partial charge on any atom is 0.303 e. The van der Waals surface area contributed by atoms with Crippen molar-refractivity contribution in [1.82, 2.24) is 15.1 Å². The van der Waals surface area contributed by atoms with Crippen LogP contribution in [0.3, 0.4) is 0 Å². The highest BCUT2D eigenvalue weighted by Crippen LogP contribution is 2.24. The number of carboxylic acid groups (broad SMARTS) is 1. The lowest BCUT2D eigenvalue weighted by molar-refractivity contribution is -0.138. The Morgan fingerprint density at radius 2 is 2.05 bits per heavy atom. The van der Waals surface area contributed by atoms with Crippen LogP contribution in [-0.2, 0) is 4.79 Å². The summed E-state index contributed by atoms with van der Waals surface area (Å²) in [6, 6.07) is 3.37. The van der Waals surface area contributed by atoms with Crippen LogP contribution in [0.2, 0.25) is 0 Å². The molecule has 1 saturated heterocycles. The zero-order chi connectivity index (χ0) is 14.0. The molecule has 1 aliphatic rings. The van der Waals surface area contributed by atoms with Crippen LogP contribution < -0.4 is 4.90 Å². The molecule has 0 unspecified atom stereocenters. The van der Waals surface area contributed by atoms with E-state index in [9.17, 15) is 9.59 Å². The molecule has 1 amide bonds. The minimum Gasteiger partial charge on any atom is -0.481 e. The van der Waals surface area contributed by atoms with Crippen molar-refractivity contribution in [3.05, 3.63) is 17.8 Å². The maximum atomic E-state index is 11.6. The first-order chi connectivity index (χ1) is 8.97. The van der Waals surface area contributed by atoms with E-state index in [1.165, 1.54) is 4.90 Å². The van der Waals surface area contributed by atoms with Gasteiger partial charge in [-0.2, -0.15) is 0 Å². The van der Waals surface area contributed by atoms with Gasteiger partial charge in [-0.1, -0.05) is 0 Å².